The Morgan fingerprint density at radius 3 is 3.00 bits per heavy atom. The summed E-state index contributed by atoms with van der Waals surface area (Å²) in [6, 6.07) is 6.28. The second-order valence-corrected chi connectivity index (χ2v) is 4.29. The first-order valence-corrected chi connectivity index (χ1v) is 5.32. The summed E-state index contributed by atoms with van der Waals surface area (Å²) in [4.78, 5) is 0. The number of hydrogen-bond acceptors (Lipinski definition) is 2. The van der Waals surface area contributed by atoms with Crippen molar-refractivity contribution < 1.29 is 9.50 Å². The fourth-order valence-corrected chi connectivity index (χ4v) is 2.20. The molecule has 1 aliphatic heterocycles. The van der Waals surface area contributed by atoms with Crippen molar-refractivity contribution in [2.45, 2.75) is 18.9 Å². The normalized spacial score (nSPS) is 31.5. The van der Waals surface area contributed by atoms with E-state index in [4.69, 9.17) is 0 Å². The van der Waals surface area contributed by atoms with Crippen LogP contribution in [-0.4, -0.2) is 18.2 Å². The lowest BCUT2D eigenvalue weighted by Crippen LogP contribution is -2.46. The maximum atomic E-state index is 13.1. The molecule has 1 fully saturated rings. The lowest BCUT2D eigenvalue weighted by molar-refractivity contribution is -0.0394. The molecular formula is C12H16FNO. The van der Waals surface area contributed by atoms with E-state index in [2.05, 4.69) is 5.32 Å². The monoisotopic (exact) mass is 209 g/mol. The standard InChI is InChI=1S/C12H16FNO/c1-9-8-14-6-5-12(9,15)10-3-2-4-11(13)7-10/h2-4,7,9,14-15H,5-6,8H2,1H3/t9-,12-/m0/s1. The van der Waals surface area contributed by atoms with Gasteiger partial charge in [-0.1, -0.05) is 19.1 Å². The minimum Gasteiger partial charge on any atom is -0.385 e. The molecule has 1 aromatic rings. The van der Waals surface area contributed by atoms with Gasteiger partial charge in [0, 0.05) is 12.5 Å². The molecule has 0 unspecified atom stereocenters. The second kappa shape index (κ2) is 3.91. The van der Waals surface area contributed by atoms with Gasteiger partial charge in [-0.3, -0.25) is 0 Å². The van der Waals surface area contributed by atoms with E-state index in [1.54, 1.807) is 12.1 Å². The lowest BCUT2D eigenvalue weighted by atomic mass is 9.77. The van der Waals surface area contributed by atoms with E-state index in [1.165, 1.54) is 12.1 Å². The van der Waals surface area contributed by atoms with Gasteiger partial charge in [-0.15, -0.1) is 0 Å². The summed E-state index contributed by atoms with van der Waals surface area (Å²) in [7, 11) is 0. The molecule has 0 radical (unpaired) electrons. The molecule has 1 heterocycles. The van der Waals surface area contributed by atoms with E-state index in [9.17, 15) is 9.50 Å². The fraction of sp³-hybridized carbons (Fsp3) is 0.500. The van der Waals surface area contributed by atoms with E-state index >= 15 is 0 Å². The summed E-state index contributed by atoms with van der Waals surface area (Å²) in [5.41, 5.74) is -0.190. The van der Waals surface area contributed by atoms with Gasteiger partial charge in [0.15, 0.2) is 0 Å². The number of hydrogen-bond donors (Lipinski definition) is 2. The SMILES string of the molecule is C[C@H]1CNCC[C@@]1(O)c1cccc(F)c1. The van der Waals surface area contributed by atoms with Crippen LogP contribution in [0, 0.1) is 11.7 Å². The highest BCUT2D eigenvalue weighted by Gasteiger charge is 2.37. The molecule has 1 aromatic carbocycles. The predicted octanol–water partition coefficient (Wildman–Crippen LogP) is 1.64. The molecule has 0 amide bonds. The minimum atomic E-state index is -0.882. The summed E-state index contributed by atoms with van der Waals surface area (Å²) >= 11 is 0. The van der Waals surface area contributed by atoms with E-state index in [-0.39, 0.29) is 11.7 Å². The van der Waals surface area contributed by atoms with Gasteiger partial charge in [-0.05, 0) is 30.7 Å². The Morgan fingerprint density at radius 1 is 1.53 bits per heavy atom. The predicted molar refractivity (Wildman–Crippen MR) is 56.9 cm³/mol. The Labute approximate surface area is 89.1 Å². The van der Waals surface area contributed by atoms with Crippen molar-refractivity contribution in [3.63, 3.8) is 0 Å². The maximum absolute atomic E-state index is 13.1. The van der Waals surface area contributed by atoms with Crippen LogP contribution in [0.2, 0.25) is 0 Å². The quantitative estimate of drug-likeness (QED) is 0.737. The van der Waals surface area contributed by atoms with Crippen molar-refractivity contribution in [2.75, 3.05) is 13.1 Å². The van der Waals surface area contributed by atoms with Crippen LogP contribution >= 0.6 is 0 Å². The van der Waals surface area contributed by atoms with Crippen LogP contribution < -0.4 is 5.32 Å². The second-order valence-electron chi connectivity index (χ2n) is 4.29. The van der Waals surface area contributed by atoms with Crippen LogP contribution in [-0.2, 0) is 5.60 Å². The van der Waals surface area contributed by atoms with Gasteiger partial charge < -0.3 is 10.4 Å². The summed E-state index contributed by atoms with van der Waals surface area (Å²) in [6.45, 7) is 3.53. The number of aliphatic hydroxyl groups is 1. The van der Waals surface area contributed by atoms with Gasteiger partial charge in [0.25, 0.3) is 0 Å². The molecule has 2 N–H and O–H groups in total. The van der Waals surface area contributed by atoms with Gasteiger partial charge in [-0.2, -0.15) is 0 Å². The number of nitrogens with one attached hydrogen (secondary N) is 1. The molecular weight excluding hydrogens is 193 g/mol. The first-order chi connectivity index (χ1) is 7.13. The van der Waals surface area contributed by atoms with Crippen molar-refractivity contribution in [2.24, 2.45) is 5.92 Å². The number of benzene rings is 1. The first kappa shape index (κ1) is 10.6. The van der Waals surface area contributed by atoms with Crippen molar-refractivity contribution >= 4 is 0 Å². The third-order valence-electron chi connectivity index (χ3n) is 3.27. The zero-order valence-electron chi connectivity index (χ0n) is 8.83. The molecule has 2 rings (SSSR count). The zero-order valence-corrected chi connectivity index (χ0v) is 8.83. The largest absolute Gasteiger partial charge is 0.385 e. The molecule has 1 saturated heterocycles. The van der Waals surface area contributed by atoms with Crippen molar-refractivity contribution in [1.29, 1.82) is 0 Å². The molecule has 0 spiro atoms. The molecule has 0 aliphatic carbocycles. The molecule has 2 atom stereocenters. The van der Waals surface area contributed by atoms with Crippen LogP contribution in [0.25, 0.3) is 0 Å². The van der Waals surface area contributed by atoms with E-state index in [0.29, 0.717) is 12.0 Å². The Balaban J connectivity index is 2.34. The number of piperidine rings is 1. The molecule has 3 heteroatoms. The highest BCUT2D eigenvalue weighted by Crippen LogP contribution is 2.34. The summed E-state index contributed by atoms with van der Waals surface area (Å²) < 4.78 is 13.1. The lowest BCUT2D eigenvalue weighted by Gasteiger charge is -2.39. The Hall–Kier alpha value is -0.930. The van der Waals surface area contributed by atoms with Crippen LogP contribution in [0.3, 0.4) is 0 Å². The van der Waals surface area contributed by atoms with Crippen LogP contribution in [0.4, 0.5) is 4.39 Å². The Morgan fingerprint density at radius 2 is 2.33 bits per heavy atom. The molecule has 82 valence electrons. The van der Waals surface area contributed by atoms with E-state index in [1.807, 2.05) is 6.92 Å². The van der Waals surface area contributed by atoms with Crippen LogP contribution in [0.1, 0.15) is 18.9 Å². The Bertz CT molecular complexity index is 355. The number of halogens is 1. The van der Waals surface area contributed by atoms with Crippen LogP contribution in [0.5, 0.6) is 0 Å². The van der Waals surface area contributed by atoms with Gasteiger partial charge in [-0.25, -0.2) is 4.39 Å². The van der Waals surface area contributed by atoms with Crippen molar-refractivity contribution in [3.8, 4) is 0 Å². The van der Waals surface area contributed by atoms with Gasteiger partial charge in [0.1, 0.15) is 5.82 Å². The fourth-order valence-electron chi connectivity index (χ4n) is 2.20. The van der Waals surface area contributed by atoms with E-state index in [0.717, 1.165) is 13.1 Å². The average molecular weight is 209 g/mol. The molecule has 1 aliphatic rings. The highest BCUT2D eigenvalue weighted by atomic mass is 19.1. The molecule has 15 heavy (non-hydrogen) atoms. The van der Waals surface area contributed by atoms with Crippen molar-refractivity contribution in [1.82, 2.24) is 5.32 Å². The first-order valence-electron chi connectivity index (χ1n) is 5.32. The Kier molecular flexibility index (Phi) is 2.76. The molecule has 0 aromatic heterocycles. The van der Waals surface area contributed by atoms with Gasteiger partial charge in [0.2, 0.25) is 0 Å². The summed E-state index contributed by atoms with van der Waals surface area (Å²) in [5.74, 6) is -0.181. The topological polar surface area (TPSA) is 32.3 Å². The molecule has 0 saturated carbocycles. The third-order valence-corrected chi connectivity index (χ3v) is 3.27. The zero-order chi connectivity index (χ0) is 10.9. The minimum absolute atomic E-state index is 0.105. The summed E-state index contributed by atoms with van der Waals surface area (Å²) in [5, 5.41) is 13.7. The molecule has 0 bridgehead atoms. The number of rotatable bonds is 1. The van der Waals surface area contributed by atoms with E-state index < -0.39 is 5.60 Å². The van der Waals surface area contributed by atoms with Gasteiger partial charge >= 0.3 is 0 Å². The third kappa shape index (κ3) is 1.90. The van der Waals surface area contributed by atoms with Crippen molar-refractivity contribution in [3.05, 3.63) is 35.6 Å². The maximum Gasteiger partial charge on any atom is 0.123 e. The highest BCUT2D eigenvalue weighted by molar-refractivity contribution is 5.24. The summed E-state index contributed by atoms with van der Waals surface area (Å²) in [6.07, 6.45) is 0.637. The molecule has 2 nitrogen and oxygen atoms in total. The smallest absolute Gasteiger partial charge is 0.123 e. The van der Waals surface area contributed by atoms with Crippen LogP contribution in [0.15, 0.2) is 24.3 Å². The van der Waals surface area contributed by atoms with Gasteiger partial charge in [0.05, 0.1) is 5.60 Å². The average Bonchev–Trinajstić information content (AvgIpc) is 2.23.